The molecule has 0 bridgehead atoms. The van der Waals surface area contributed by atoms with Crippen molar-refractivity contribution in [2.45, 2.75) is 33.1 Å². The van der Waals surface area contributed by atoms with Crippen LogP contribution in [0.2, 0.25) is 0 Å². The summed E-state index contributed by atoms with van der Waals surface area (Å²) in [6.07, 6.45) is 3.01. The number of rotatable bonds is 4. The molecule has 0 aromatic heterocycles. The fraction of sp³-hybridized carbons (Fsp3) is 0.562. The van der Waals surface area contributed by atoms with E-state index in [4.69, 9.17) is 0 Å². The molecule has 1 aliphatic rings. The number of hydrogen-bond donors (Lipinski definition) is 2. The van der Waals surface area contributed by atoms with Gasteiger partial charge in [-0.25, -0.2) is 0 Å². The van der Waals surface area contributed by atoms with E-state index in [0.717, 1.165) is 24.3 Å². The van der Waals surface area contributed by atoms with Crippen LogP contribution in [0.3, 0.4) is 0 Å². The van der Waals surface area contributed by atoms with E-state index in [-0.39, 0.29) is 5.91 Å². The van der Waals surface area contributed by atoms with Gasteiger partial charge in [-0.1, -0.05) is 25.1 Å². The summed E-state index contributed by atoms with van der Waals surface area (Å²) in [4.78, 5) is 12.1. The van der Waals surface area contributed by atoms with Crippen LogP contribution < -0.4 is 10.6 Å². The average Bonchev–Trinajstić information content (AvgIpc) is 2.42. The molecule has 1 atom stereocenters. The summed E-state index contributed by atoms with van der Waals surface area (Å²) in [7, 11) is 0. The van der Waals surface area contributed by atoms with Crippen molar-refractivity contribution in [3.63, 3.8) is 0 Å². The fourth-order valence-electron chi connectivity index (χ4n) is 2.79. The van der Waals surface area contributed by atoms with Gasteiger partial charge < -0.3 is 10.6 Å². The number of piperidine rings is 1. The van der Waals surface area contributed by atoms with Gasteiger partial charge in [0.2, 0.25) is 5.91 Å². The maximum Gasteiger partial charge on any atom is 0.224 e. The smallest absolute Gasteiger partial charge is 0.224 e. The Balaban J connectivity index is 1.85. The molecule has 3 heteroatoms. The number of nitrogens with one attached hydrogen (secondary N) is 2. The molecule has 19 heavy (non-hydrogen) atoms. The third-order valence-corrected chi connectivity index (χ3v) is 4.12. The summed E-state index contributed by atoms with van der Waals surface area (Å²) < 4.78 is 0. The van der Waals surface area contributed by atoms with Crippen LogP contribution in [0.5, 0.6) is 0 Å². The van der Waals surface area contributed by atoms with Gasteiger partial charge in [0.25, 0.3) is 0 Å². The van der Waals surface area contributed by atoms with Gasteiger partial charge in [0.15, 0.2) is 0 Å². The average molecular weight is 260 g/mol. The summed E-state index contributed by atoms with van der Waals surface area (Å²) in [6.45, 7) is 6.40. The third kappa shape index (κ3) is 4.06. The molecule has 1 heterocycles. The molecule has 2 rings (SSSR count). The molecule has 1 aromatic rings. The maximum atomic E-state index is 12.1. The van der Waals surface area contributed by atoms with Gasteiger partial charge in [-0.3, -0.25) is 4.79 Å². The minimum Gasteiger partial charge on any atom is -0.326 e. The third-order valence-electron chi connectivity index (χ3n) is 4.12. The lowest BCUT2D eigenvalue weighted by molar-refractivity contribution is -0.117. The number of carbonyl (C=O) groups is 1. The topological polar surface area (TPSA) is 41.1 Å². The summed E-state index contributed by atoms with van der Waals surface area (Å²) >= 11 is 0. The van der Waals surface area contributed by atoms with Crippen LogP contribution in [-0.2, 0) is 4.79 Å². The minimum absolute atomic E-state index is 0.139. The van der Waals surface area contributed by atoms with E-state index in [1.54, 1.807) is 0 Å². The molecule has 1 saturated heterocycles. The SMILES string of the molecule is Cc1ccccc1NC(=O)CC(C)C1CCNCC1. The quantitative estimate of drug-likeness (QED) is 0.874. The van der Waals surface area contributed by atoms with Crippen LogP contribution in [0, 0.1) is 18.8 Å². The molecule has 2 N–H and O–H groups in total. The summed E-state index contributed by atoms with van der Waals surface area (Å²) in [5.74, 6) is 1.29. The van der Waals surface area contributed by atoms with Crippen molar-refractivity contribution in [1.82, 2.24) is 5.32 Å². The molecular formula is C16H24N2O. The highest BCUT2D eigenvalue weighted by molar-refractivity contribution is 5.91. The number of para-hydroxylation sites is 1. The standard InChI is InChI=1S/C16H24N2O/c1-12-5-3-4-6-15(12)18-16(19)11-13(2)14-7-9-17-10-8-14/h3-6,13-14,17H,7-11H2,1-2H3,(H,18,19). The molecular weight excluding hydrogens is 236 g/mol. The van der Waals surface area contributed by atoms with E-state index in [0.29, 0.717) is 18.3 Å². The van der Waals surface area contributed by atoms with E-state index in [1.165, 1.54) is 12.8 Å². The normalized spacial score (nSPS) is 18.0. The van der Waals surface area contributed by atoms with Gasteiger partial charge >= 0.3 is 0 Å². The first kappa shape index (κ1) is 14.1. The van der Waals surface area contributed by atoms with Crippen molar-refractivity contribution in [2.75, 3.05) is 18.4 Å². The number of aryl methyl sites for hydroxylation is 1. The second-order valence-electron chi connectivity index (χ2n) is 5.63. The second kappa shape index (κ2) is 6.71. The van der Waals surface area contributed by atoms with Crippen molar-refractivity contribution in [1.29, 1.82) is 0 Å². The highest BCUT2D eigenvalue weighted by Gasteiger charge is 2.22. The minimum atomic E-state index is 0.139. The van der Waals surface area contributed by atoms with Crippen LogP contribution >= 0.6 is 0 Å². The van der Waals surface area contributed by atoms with Gasteiger partial charge in [-0.2, -0.15) is 0 Å². The van der Waals surface area contributed by atoms with Crippen LogP contribution in [0.15, 0.2) is 24.3 Å². The van der Waals surface area contributed by atoms with Gasteiger partial charge in [0.1, 0.15) is 0 Å². The Kier molecular flexibility index (Phi) is 4.97. The molecule has 3 nitrogen and oxygen atoms in total. The maximum absolute atomic E-state index is 12.1. The van der Waals surface area contributed by atoms with Crippen LogP contribution in [0.25, 0.3) is 0 Å². The van der Waals surface area contributed by atoms with Gasteiger partial charge in [0, 0.05) is 12.1 Å². The Morgan fingerprint density at radius 3 is 2.74 bits per heavy atom. The van der Waals surface area contributed by atoms with E-state index < -0.39 is 0 Å². The van der Waals surface area contributed by atoms with Crippen LogP contribution in [0.4, 0.5) is 5.69 Å². The van der Waals surface area contributed by atoms with Crippen LogP contribution in [-0.4, -0.2) is 19.0 Å². The zero-order valence-electron chi connectivity index (χ0n) is 11.9. The number of amides is 1. The van der Waals surface area contributed by atoms with E-state index >= 15 is 0 Å². The molecule has 104 valence electrons. The van der Waals surface area contributed by atoms with Gasteiger partial charge in [0.05, 0.1) is 0 Å². The lowest BCUT2D eigenvalue weighted by Crippen LogP contribution is -2.32. The Bertz CT molecular complexity index is 425. The number of anilines is 1. The zero-order chi connectivity index (χ0) is 13.7. The molecule has 1 aromatic carbocycles. The van der Waals surface area contributed by atoms with Crippen molar-refractivity contribution >= 4 is 11.6 Å². The zero-order valence-corrected chi connectivity index (χ0v) is 11.9. The molecule has 0 spiro atoms. The second-order valence-corrected chi connectivity index (χ2v) is 5.63. The highest BCUT2D eigenvalue weighted by Crippen LogP contribution is 2.25. The summed E-state index contributed by atoms with van der Waals surface area (Å²) in [5, 5.41) is 6.40. The van der Waals surface area contributed by atoms with Crippen LogP contribution in [0.1, 0.15) is 31.7 Å². The number of hydrogen-bond acceptors (Lipinski definition) is 2. The fourth-order valence-corrected chi connectivity index (χ4v) is 2.79. The van der Waals surface area contributed by atoms with E-state index in [1.807, 2.05) is 31.2 Å². The summed E-state index contributed by atoms with van der Waals surface area (Å²) in [5.41, 5.74) is 2.05. The molecule has 0 aliphatic carbocycles. The predicted octanol–water partition coefficient (Wildman–Crippen LogP) is 2.96. The van der Waals surface area contributed by atoms with Crippen molar-refractivity contribution in [2.24, 2.45) is 11.8 Å². The van der Waals surface area contributed by atoms with Gasteiger partial charge in [-0.05, 0) is 56.3 Å². The Morgan fingerprint density at radius 2 is 2.05 bits per heavy atom. The molecule has 0 saturated carbocycles. The van der Waals surface area contributed by atoms with Gasteiger partial charge in [-0.15, -0.1) is 0 Å². The van der Waals surface area contributed by atoms with E-state index in [2.05, 4.69) is 17.6 Å². The Morgan fingerprint density at radius 1 is 1.37 bits per heavy atom. The van der Waals surface area contributed by atoms with Crippen molar-refractivity contribution < 1.29 is 4.79 Å². The first-order valence-electron chi connectivity index (χ1n) is 7.23. The number of carbonyl (C=O) groups excluding carboxylic acids is 1. The lowest BCUT2D eigenvalue weighted by Gasteiger charge is -2.27. The van der Waals surface area contributed by atoms with Crippen molar-refractivity contribution in [3.05, 3.63) is 29.8 Å². The monoisotopic (exact) mass is 260 g/mol. The first-order valence-corrected chi connectivity index (χ1v) is 7.23. The van der Waals surface area contributed by atoms with Crippen molar-refractivity contribution in [3.8, 4) is 0 Å². The summed E-state index contributed by atoms with van der Waals surface area (Å²) in [6, 6.07) is 7.93. The molecule has 1 fully saturated rings. The molecule has 1 amide bonds. The molecule has 1 unspecified atom stereocenters. The largest absolute Gasteiger partial charge is 0.326 e. The highest BCUT2D eigenvalue weighted by atomic mass is 16.1. The predicted molar refractivity (Wildman–Crippen MR) is 79.2 cm³/mol. The molecule has 0 radical (unpaired) electrons. The molecule has 1 aliphatic heterocycles. The Labute approximate surface area is 115 Å². The Hall–Kier alpha value is -1.35. The lowest BCUT2D eigenvalue weighted by atomic mass is 9.84. The first-order chi connectivity index (χ1) is 9.16. The number of benzene rings is 1. The van der Waals surface area contributed by atoms with E-state index in [9.17, 15) is 4.79 Å².